The number of benzene rings is 2. The van der Waals surface area contributed by atoms with Crippen molar-refractivity contribution in [2.45, 2.75) is 25.0 Å². The van der Waals surface area contributed by atoms with Gasteiger partial charge in [0.25, 0.3) is 0 Å². The fourth-order valence-electron chi connectivity index (χ4n) is 3.24. The maximum Gasteiger partial charge on any atom is 0.223 e. The lowest BCUT2D eigenvalue weighted by molar-refractivity contribution is -0.123. The Hall–Kier alpha value is -2.53. The summed E-state index contributed by atoms with van der Waals surface area (Å²) in [5.74, 6) is 0.720. The molecule has 132 valence electrons. The normalized spacial score (nSPS) is 18.0. The fraction of sp³-hybridized carbons (Fsp3) is 0.350. The maximum atomic E-state index is 12.2. The molecule has 0 radical (unpaired) electrons. The highest BCUT2D eigenvalue weighted by Gasteiger charge is 2.26. The Balaban J connectivity index is 1.53. The van der Waals surface area contributed by atoms with Crippen LogP contribution in [0.3, 0.4) is 0 Å². The summed E-state index contributed by atoms with van der Waals surface area (Å²) in [6.07, 6.45) is 0.188. The van der Waals surface area contributed by atoms with Crippen LogP contribution in [0.5, 0.6) is 5.75 Å². The number of hydrogen-bond donors (Lipinski definition) is 2. The summed E-state index contributed by atoms with van der Waals surface area (Å²) in [5.41, 5.74) is 1.81. The van der Waals surface area contributed by atoms with Crippen molar-refractivity contribution in [1.82, 2.24) is 5.32 Å². The van der Waals surface area contributed by atoms with Crippen molar-refractivity contribution in [2.24, 2.45) is 0 Å². The second-order valence-electron chi connectivity index (χ2n) is 6.30. The van der Waals surface area contributed by atoms with Gasteiger partial charge in [-0.2, -0.15) is 0 Å². The fourth-order valence-corrected chi connectivity index (χ4v) is 3.24. The van der Waals surface area contributed by atoms with E-state index in [-0.39, 0.29) is 18.4 Å². The number of methoxy groups -OCH3 is 1. The van der Waals surface area contributed by atoms with Gasteiger partial charge >= 0.3 is 0 Å². The number of amides is 1. The number of hydrogen-bond acceptors (Lipinski definition) is 4. The second kappa shape index (κ2) is 8.03. The molecule has 2 N–H and O–H groups in total. The summed E-state index contributed by atoms with van der Waals surface area (Å²) < 4.78 is 5.41. The Bertz CT molecular complexity index is 705. The predicted molar refractivity (Wildman–Crippen MR) is 97.8 cm³/mol. The zero-order chi connectivity index (χ0) is 17.6. The summed E-state index contributed by atoms with van der Waals surface area (Å²) in [7, 11) is 1.67. The third-order valence-corrected chi connectivity index (χ3v) is 4.54. The van der Waals surface area contributed by atoms with Gasteiger partial charge < -0.3 is 20.1 Å². The van der Waals surface area contributed by atoms with Crippen LogP contribution in [-0.4, -0.2) is 37.3 Å². The Morgan fingerprint density at radius 3 is 2.72 bits per heavy atom. The van der Waals surface area contributed by atoms with Crippen LogP contribution in [-0.2, 0) is 4.79 Å². The van der Waals surface area contributed by atoms with Crippen LogP contribution in [0.15, 0.2) is 54.6 Å². The van der Waals surface area contributed by atoms with Gasteiger partial charge in [-0.05, 0) is 24.1 Å². The molecule has 0 bridgehead atoms. The zero-order valence-electron chi connectivity index (χ0n) is 14.4. The van der Waals surface area contributed by atoms with Crippen molar-refractivity contribution in [3.63, 3.8) is 0 Å². The van der Waals surface area contributed by atoms with Crippen LogP contribution in [0.2, 0.25) is 0 Å². The van der Waals surface area contributed by atoms with Crippen molar-refractivity contribution in [1.29, 1.82) is 0 Å². The highest BCUT2D eigenvalue weighted by molar-refractivity contribution is 5.77. The van der Waals surface area contributed by atoms with Gasteiger partial charge in [0.2, 0.25) is 5.91 Å². The van der Waals surface area contributed by atoms with E-state index < -0.39 is 6.10 Å². The first-order chi connectivity index (χ1) is 12.2. The lowest BCUT2D eigenvalue weighted by atomic mass is 10.1. The molecule has 0 aromatic heterocycles. The van der Waals surface area contributed by atoms with E-state index in [1.807, 2.05) is 54.6 Å². The van der Waals surface area contributed by atoms with Gasteiger partial charge in [0.1, 0.15) is 5.75 Å². The summed E-state index contributed by atoms with van der Waals surface area (Å²) in [6, 6.07) is 17.3. The van der Waals surface area contributed by atoms with E-state index in [0.29, 0.717) is 0 Å². The molecule has 2 aromatic rings. The SMILES string of the molecule is COc1ccccc1N1CCC(NC(=O)CC(O)c2ccccc2)C1. The van der Waals surface area contributed by atoms with Crippen molar-refractivity contribution in [3.8, 4) is 5.75 Å². The molecule has 2 atom stereocenters. The Labute approximate surface area is 148 Å². The number of carbonyl (C=O) groups excluding carboxylic acids is 1. The van der Waals surface area contributed by atoms with Crippen molar-refractivity contribution in [2.75, 3.05) is 25.1 Å². The molecule has 1 saturated heterocycles. The molecule has 2 aromatic carbocycles. The summed E-state index contributed by atoms with van der Waals surface area (Å²) >= 11 is 0. The minimum atomic E-state index is -0.770. The highest BCUT2D eigenvalue weighted by atomic mass is 16.5. The van der Waals surface area contributed by atoms with Gasteiger partial charge in [-0.25, -0.2) is 0 Å². The number of nitrogens with one attached hydrogen (secondary N) is 1. The quantitative estimate of drug-likeness (QED) is 0.848. The zero-order valence-corrected chi connectivity index (χ0v) is 14.4. The van der Waals surface area contributed by atoms with Gasteiger partial charge in [0.05, 0.1) is 25.3 Å². The van der Waals surface area contributed by atoms with E-state index in [1.54, 1.807) is 7.11 Å². The average Bonchev–Trinajstić information content (AvgIpc) is 3.10. The van der Waals surface area contributed by atoms with Crippen LogP contribution < -0.4 is 15.0 Å². The Morgan fingerprint density at radius 1 is 1.24 bits per heavy atom. The molecule has 1 amide bonds. The van der Waals surface area contributed by atoms with E-state index in [9.17, 15) is 9.90 Å². The molecule has 1 heterocycles. The molecule has 25 heavy (non-hydrogen) atoms. The minimum Gasteiger partial charge on any atom is -0.495 e. The number of aliphatic hydroxyl groups excluding tert-OH is 1. The topological polar surface area (TPSA) is 61.8 Å². The van der Waals surface area contributed by atoms with Gasteiger partial charge in [-0.1, -0.05) is 42.5 Å². The first-order valence-electron chi connectivity index (χ1n) is 8.57. The summed E-state index contributed by atoms with van der Waals surface area (Å²) in [5, 5.41) is 13.2. The molecule has 3 rings (SSSR count). The van der Waals surface area contributed by atoms with Crippen LogP contribution in [0.1, 0.15) is 24.5 Å². The van der Waals surface area contributed by atoms with Crippen molar-refractivity contribution < 1.29 is 14.6 Å². The summed E-state index contributed by atoms with van der Waals surface area (Å²) in [6.45, 7) is 1.61. The molecule has 1 fully saturated rings. The van der Waals surface area contributed by atoms with Crippen LogP contribution >= 0.6 is 0 Å². The molecule has 0 saturated carbocycles. The van der Waals surface area contributed by atoms with Gasteiger partial charge in [-0.15, -0.1) is 0 Å². The number of para-hydroxylation sites is 2. The smallest absolute Gasteiger partial charge is 0.223 e. The number of carbonyl (C=O) groups is 1. The predicted octanol–water partition coefficient (Wildman–Crippen LogP) is 2.51. The molecular weight excluding hydrogens is 316 g/mol. The van der Waals surface area contributed by atoms with Crippen LogP contribution in [0.4, 0.5) is 5.69 Å². The van der Waals surface area contributed by atoms with E-state index >= 15 is 0 Å². The maximum absolute atomic E-state index is 12.2. The number of ether oxygens (including phenoxy) is 1. The van der Waals surface area contributed by atoms with Gasteiger partial charge in [-0.3, -0.25) is 4.79 Å². The summed E-state index contributed by atoms with van der Waals surface area (Å²) in [4.78, 5) is 14.5. The molecule has 2 unspecified atom stereocenters. The van der Waals surface area contributed by atoms with E-state index in [1.165, 1.54) is 0 Å². The first kappa shape index (κ1) is 17.3. The van der Waals surface area contributed by atoms with E-state index in [0.717, 1.165) is 36.5 Å². The number of rotatable bonds is 6. The van der Waals surface area contributed by atoms with E-state index in [4.69, 9.17) is 4.74 Å². The lowest BCUT2D eigenvalue weighted by Gasteiger charge is -2.21. The second-order valence-corrected chi connectivity index (χ2v) is 6.30. The number of aliphatic hydroxyl groups is 1. The molecule has 0 aliphatic carbocycles. The Morgan fingerprint density at radius 2 is 1.96 bits per heavy atom. The lowest BCUT2D eigenvalue weighted by Crippen LogP contribution is -2.37. The first-order valence-corrected chi connectivity index (χ1v) is 8.57. The molecule has 5 nitrogen and oxygen atoms in total. The molecule has 5 heteroatoms. The highest BCUT2D eigenvalue weighted by Crippen LogP contribution is 2.30. The third-order valence-electron chi connectivity index (χ3n) is 4.54. The molecule has 0 spiro atoms. The molecule has 1 aliphatic rings. The molecular formula is C20H24N2O3. The van der Waals surface area contributed by atoms with E-state index in [2.05, 4.69) is 10.2 Å². The molecule has 1 aliphatic heterocycles. The largest absolute Gasteiger partial charge is 0.495 e. The average molecular weight is 340 g/mol. The van der Waals surface area contributed by atoms with Crippen molar-refractivity contribution in [3.05, 3.63) is 60.2 Å². The van der Waals surface area contributed by atoms with Crippen LogP contribution in [0.25, 0.3) is 0 Å². The number of nitrogens with zero attached hydrogens (tertiary/aromatic N) is 1. The van der Waals surface area contributed by atoms with Crippen LogP contribution in [0, 0.1) is 0 Å². The standard InChI is InChI=1S/C20H24N2O3/c1-25-19-10-6-5-9-17(19)22-12-11-16(14-22)21-20(24)13-18(23)15-7-3-2-4-8-15/h2-10,16,18,23H,11-14H2,1H3,(H,21,24). The Kier molecular flexibility index (Phi) is 5.56. The number of anilines is 1. The monoisotopic (exact) mass is 340 g/mol. The van der Waals surface area contributed by atoms with Gasteiger partial charge in [0.15, 0.2) is 0 Å². The van der Waals surface area contributed by atoms with Crippen molar-refractivity contribution >= 4 is 11.6 Å². The third kappa shape index (κ3) is 4.31. The minimum absolute atomic E-state index is 0.0785. The van der Waals surface area contributed by atoms with Gasteiger partial charge in [0, 0.05) is 19.1 Å².